The van der Waals surface area contributed by atoms with Crippen LogP contribution in [0.4, 0.5) is 0 Å². The molecule has 0 radical (unpaired) electrons. The van der Waals surface area contributed by atoms with Gasteiger partial charge in [0.2, 0.25) is 5.91 Å². The van der Waals surface area contributed by atoms with Crippen molar-refractivity contribution in [1.82, 2.24) is 15.1 Å². The van der Waals surface area contributed by atoms with Gasteiger partial charge >= 0.3 is 0 Å². The lowest BCUT2D eigenvalue weighted by atomic mass is 10.1. The first-order chi connectivity index (χ1) is 14.5. The van der Waals surface area contributed by atoms with Crippen LogP contribution in [0.3, 0.4) is 0 Å². The van der Waals surface area contributed by atoms with Crippen molar-refractivity contribution in [1.29, 1.82) is 0 Å². The molecule has 0 saturated heterocycles. The number of carbonyl (C=O) groups is 1. The van der Waals surface area contributed by atoms with Gasteiger partial charge < -0.3 is 19.5 Å². The SMILES string of the molecule is COc1cccc(CNC(=O)Cn2nc(-c3ccc(OC)c(OC)c3)ccc2=O)c1. The second kappa shape index (κ2) is 9.60. The van der Waals surface area contributed by atoms with Crippen molar-refractivity contribution in [2.24, 2.45) is 0 Å². The Morgan fingerprint density at radius 3 is 2.50 bits per heavy atom. The van der Waals surface area contributed by atoms with E-state index in [9.17, 15) is 9.59 Å². The Balaban J connectivity index is 1.73. The average molecular weight is 409 g/mol. The van der Waals surface area contributed by atoms with Gasteiger partial charge in [-0.05, 0) is 42.0 Å². The third-order valence-electron chi connectivity index (χ3n) is 4.46. The molecular formula is C22H23N3O5. The van der Waals surface area contributed by atoms with E-state index in [0.29, 0.717) is 29.5 Å². The molecule has 3 aromatic rings. The molecule has 2 aromatic carbocycles. The topological polar surface area (TPSA) is 91.7 Å². The largest absolute Gasteiger partial charge is 0.497 e. The van der Waals surface area contributed by atoms with Crippen molar-refractivity contribution >= 4 is 5.91 Å². The van der Waals surface area contributed by atoms with E-state index in [0.717, 1.165) is 15.8 Å². The standard InChI is InChI=1S/C22H23N3O5/c1-28-17-6-4-5-15(11-17)13-23-21(26)14-25-22(27)10-8-18(24-25)16-7-9-19(29-2)20(12-16)30-3/h4-12H,13-14H2,1-3H3,(H,23,26). The molecule has 1 aromatic heterocycles. The monoisotopic (exact) mass is 409 g/mol. The first kappa shape index (κ1) is 20.9. The van der Waals surface area contributed by atoms with Gasteiger partial charge in [0.15, 0.2) is 11.5 Å². The number of carbonyl (C=O) groups excluding carboxylic acids is 1. The van der Waals surface area contributed by atoms with Gasteiger partial charge in [-0.1, -0.05) is 12.1 Å². The van der Waals surface area contributed by atoms with Crippen molar-refractivity contribution in [3.63, 3.8) is 0 Å². The Bertz CT molecular complexity index is 1090. The highest BCUT2D eigenvalue weighted by atomic mass is 16.5. The van der Waals surface area contributed by atoms with Gasteiger partial charge in [0.1, 0.15) is 12.3 Å². The van der Waals surface area contributed by atoms with Gasteiger partial charge in [0.05, 0.1) is 27.0 Å². The highest BCUT2D eigenvalue weighted by Gasteiger charge is 2.11. The summed E-state index contributed by atoms with van der Waals surface area (Å²) >= 11 is 0. The van der Waals surface area contributed by atoms with Gasteiger partial charge in [-0.15, -0.1) is 0 Å². The second-order valence-corrected chi connectivity index (χ2v) is 6.41. The van der Waals surface area contributed by atoms with Crippen molar-refractivity contribution < 1.29 is 19.0 Å². The van der Waals surface area contributed by atoms with Crippen molar-refractivity contribution in [3.8, 4) is 28.5 Å². The number of nitrogens with one attached hydrogen (secondary N) is 1. The number of methoxy groups -OCH3 is 3. The molecule has 156 valence electrons. The molecular weight excluding hydrogens is 386 g/mol. The van der Waals surface area contributed by atoms with E-state index in [-0.39, 0.29) is 18.0 Å². The van der Waals surface area contributed by atoms with Crippen LogP contribution in [0, 0.1) is 0 Å². The fraction of sp³-hybridized carbons (Fsp3) is 0.227. The van der Waals surface area contributed by atoms with Crippen molar-refractivity contribution in [2.75, 3.05) is 21.3 Å². The van der Waals surface area contributed by atoms with Crippen LogP contribution in [-0.4, -0.2) is 37.0 Å². The van der Waals surface area contributed by atoms with E-state index in [1.807, 2.05) is 24.3 Å². The van der Waals surface area contributed by atoms with Gasteiger partial charge in [-0.3, -0.25) is 9.59 Å². The fourth-order valence-electron chi connectivity index (χ4n) is 2.89. The third-order valence-corrected chi connectivity index (χ3v) is 4.46. The maximum Gasteiger partial charge on any atom is 0.267 e. The van der Waals surface area contributed by atoms with Gasteiger partial charge in [-0.25, -0.2) is 4.68 Å². The van der Waals surface area contributed by atoms with Crippen molar-refractivity contribution in [2.45, 2.75) is 13.1 Å². The molecule has 1 N–H and O–H groups in total. The number of rotatable bonds is 8. The number of aromatic nitrogens is 2. The Morgan fingerprint density at radius 2 is 1.77 bits per heavy atom. The fourth-order valence-corrected chi connectivity index (χ4v) is 2.89. The van der Waals surface area contributed by atoms with E-state index in [2.05, 4.69) is 10.4 Å². The molecule has 0 fully saturated rings. The van der Waals surface area contributed by atoms with Crippen LogP contribution < -0.4 is 25.1 Å². The Morgan fingerprint density at radius 1 is 0.967 bits per heavy atom. The molecule has 1 heterocycles. The normalized spacial score (nSPS) is 10.4. The lowest BCUT2D eigenvalue weighted by molar-refractivity contribution is -0.122. The van der Waals surface area contributed by atoms with Gasteiger partial charge in [-0.2, -0.15) is 5.10 Å². The zero-order valence-corrected chi connectivity index (χ0v) is 17.0. The quantitative estimate of drug-likeness (QED) is 0.614. The molecule has 0 saturated carbocycles. The Kier molecular flexibility index (Phi) is 6.69. The van der Waals surface area contributed by atoms with Crippen LogP contribution in [0.5, 0.6) is 17.2 Å². The summed E-state index contributed by atoms with van der Waals surface area (Å²) < 4.78 is 16.9. The maximum absolute atomic E-state index is 12.3. The molecule has 3 rings (SSSR count). The second-order valence-electron chi connectivity index (χ2n) is 6.41. The number of amides is 1. The highest BCUT2D eigenvalue weighted by Crippen LogP contribution is 2.31. The van der Waals surface area contributed by atoms with E-state index >= 15 is 0 Å². The molecule has 0 bridgehead atoms. The smallest absolute Gasteiger partial charge is 0.267 e. The summed E-state index contributed by atoms with van der Waals surface area (Å²) in [7, 11) is 4.68. The van der Waals surface area contributed by atoms with E-state index in [1.165, 1.54) is 6.07 Å². The van der Waals surface area contributed by atoms with E-state index < -0.39 is 0 Å². The predicted molar refractivity (Wildman–Crippen MR) is 112 cm³/mol. The Labute approximate surface area is 174 Å². The molecule has 1 amide bonds. The molecule has 0 spiro atoms. The first-order valence-corrected chi connectivity index (χ1v) is 9.24. The maximum atomic E-state index is 12.3. The summed E-state index contributed by atoms with van der Waals surface area (Å²) in [6.07, 6.45) is 0. The van der Waals surface area contributed by atoms with Crippen LogP contribution in [0.25, 0.3) is 11.3 Å². The van der Waals surface area contributed by atoms with Crippen LogP contribution in [0.15, 0.2) is 59.4 Å². The molecule has 8 heteroatoms. The molecule has 0 aliphatic heterocycles. The first-order valence-electron chi connectivity index (χ1n) is 9.24. The minimum atomic E-state index is -0.365. The summed E-state index contributed by atoms with van der Waals surface area (Å²) in [5.74, 6) is 1.52. The van der Waals surface area contributed by atoms with Crippen LogP contribution in [0.2, 0.25) is 0 Å². The number of hydrogen-bond donors (Lipinski definition) is 1. The summed E-state index contributed by atoms with van der Waals surface area (Å²) in [5.41, 5.74) is 1.80. The zero-order valence-electron chi connectivity index (χ0n) is 17.0. The van der Waals surface area contributed by atoms with Crippen LogP contribution >= 0.6 is 0 Å². The summed E-state index contributed by atoms with van der Waals surface area (Å²) in [6.45, 7) is 0.129. The highest BCUT2D eigenvalue weighted by molar-refractivity contribution is 5.75. The Hall–Kier alpha value is -3.81. The molecule has 0 aliphatic carbocycles. The number of benzene rings is 2. The van der Waals surface area contributed by atoms with E-state index in [1.54, 1.807) is 45.6 Å². The molecule has 0 atom stereocenters. The zero-order chi connectivity index (χ0) is 21.5. The third kappa shape index (κ3) is 4.96. The molecule has 0 unspecified atom stereocenters. The van der Waals surface area contributed by atoms with Crippen molar-refractivity contribution in [3.05, 3.63) is 70.5 Å². The summed E-state index contributed by atoms with van der Waals surface area (Å²) in [4.78, 5) is 24.5. The molecule has 8 nitrogen and oxygen atoms in total. The lowest BCUT2D eigenvalue weighted by Crippen LogP contribution is -2.33. The molecule has 0 aliphatic rings. The van der Waals surface area contributed by atoms with Gasteiger partial charge in [0.25, 0.3) is 5.56 Å². The summed E-state index contributed by atoms with van der Waals surface area (Å²) in [6, 6.07) is 15.7. The summed E-state index contributed by atoms with van der Waals surface area (Å²) in [5, 5.41) is 7.11. The van der Waals surface area contributed by atoms with Crippen LogP contribution in [0.1, 0.15) is 5.56 Å². The minimum absolute atomic E-state index is 0.191. The number of hydrogen-bond acceptors (Lipinski definition) is 6. The lowest BCUT2D eigenvalue weighted by Gasteiger charge is -2.11. The number of ether oxygens (including phenoxy) is 3. The van der Waals surface area contributed by atoms with Crippen LogP contribution in [-0.2, 0) is 17.9 Å². The minimum Gasteiger partial charge on any atom is -0.497 e. The predicted octanol–water partition coefficient (Wildman–Crippen LogP) is 2.25. The molecule has 30 heavy (non-hydrogen) atoms. The van der Waals surface area contributed by atoms with E-state index in [4.69, 9.17) is 14.2 Å². The average Bonchev–Trinajstić information content (AvgIpc) is 2.78. The number of nitrogens with zero attached hydrogens (tertiary/aromatic N) is 2. The van der Waals surface area contributed by atoms with Gasteiger partial charge in [0, 0.05) is 18.2 Å².